The molecule has 0 amide bonds. The number of hydrogen-bond acceptors (Lipinski definition) is 2. The summed E-state index contributed by atoms with van der Waals surface area (Å²) in [6, 6.07) is 28.3. The second-order valence-electron chi connectivity index (χ2n) is 8.63. The third-order valence-corrected chi connectivity index (χ3v) is 5.30. The quantitative estimate of drug-likeness (QED) is 0.174. The molecule has 32 heavy (non-hydrogen) atoms. The minimum atomic E-state index is -0.0492. The molecule has 0 bridgehead atoms. The van der Waals surface area contributed by atoms with Gasteiger partial charge in [0.25, 0.3) is 0 Å². The topological polar surface area (TPSA) is 39.4 Å². The van der Waals surface area contributed by atoms with Crippen LogP contribution in [0, 0.1) is 11.5 Å². The molecule has 0 saturated carbocycles. The minimum absolute atomic E-state index is 0. The zero-order valence-corrected chi connectivity index (χ0v) is 21.1. The SMILES string of the molecule is CN=C(c1ccccc1[N-]Cc1[c-]c(-c2nccc3ccccc23)ccc1)C(C)(C)C.[Pt+2]. The van der Waals surface area contributed by atoms with Crippen molar-refractivity contribution in [3.05, 3.63) is 102 Å². The maximum absolute atomic E-state index is 4.92. The average molecular weight is 601 g/mol. The van der Waals surface area contributed by atoms with Gasteiger partial charge in [0, 0.05) is 24.4 Å². The molecule has 164 valence electrons. The van der Waals surface area contributed by atoms with Gasteiger partial charge in [0.05, 0.1) is 0 Å². The van der Waals surface area contributed by atoms with Crippen LogP contribution in [0.25, 0.3) is 27.3 Å². The molecule has 3 nitrogen and oxygen atoms in total. The van der Waals surface area contributed by atoms with E-state index in [1.165, 1.54) is 5.39 Å². The number of hydrogen-bond donors (Lipinski definition) is 0. The van der Waals surface area contributed by atoms with E-state index in [0.29, 0.717) is 6.54 Å². The number of aliphatic imine (C=N–C) groups is 1. The third-order valence-electron chi connectivity index (χ3n) is 5.30. The molecular weight excluding hydrogens is 573 g/mol. The van der Waals surface area contributed by atoms with Crippen molar-refractivity contribution in [1.29, 1.82) is 0 Å². The summed E-state index contributed by atoms with van der Waals surface area (Å²) >= 11 is 0. The van der Waals surface area contributed by atoms with Crippen molar-refractivity contribution < 1.29 is 21.1 Å². The van der Waals surface area contributed by atoms with Crippen molar-refractivity contribution in [2.75, 3.05) is 7.05 Å². The van der Waals surface area contributed by atoms with Crippen LogP contribution >= 0.6 is 0 Å². The van der Waals surface area contributed by atoms with Crippen LogP contribution in [0.1, 0.15) is 31.9 Å². The van der Waals surface area contributed by atoms with Gasteiger partial charge >= 0.3 is 21.1 Å². The summed E-state index contributed by atoms with van der Waals surface area (Å²) in [7, 11) is 1.85. The third kappa shape index (κ3) is 5.16. The summed E-state index contributed by atoms with van der Waals surface area (Å²) in [6.07, 6.45) is 1.86. The first-order valence-corrected chi connectivity index (χ1v) is 10.6. The van der Waals surface area contributed by atoms with E-state index in [1.54, 1.807) is 0 Å². The Balaban J connectivity index is 0.00000289. The molecular formula is C28H27N3Pt. The van der Waals surface area contributed by atoms with Gasteiger partial charge in [-0.3, -0.25) is 4.99 Å². The van der Waals surface area contributed by atoms with Gasteiger partial charge in [-0.1, -0.05) is 69.3 Å². The molecule has 0 unspecified atom stereocenters. The van der Waals surface area contributed by atoms with Gasteiger partial charge < -0.3 is 10.3 Å². The molecule has 0 radical (unpaired) electrons. The maximum Gasteiger partial charge on any atom is 2.00 e. The predicted molar refractivity (Wildman–Crippen MR) is 131 cm³/mol. The van der Waals surface area contributed by atoms with Gasteiger partial charge in [-0.05, 0) is 28.1 Å². The van der Waals surface area contributed by atoms with Gasteiger partial charge in [-0.2, -0.15) is 0 Å². The molecule has 4 aromatic rings. The van der Waals surface area contributed by atoms with Crippen LogP contribution in [-0.2, 0) is 27.6 Å². The van der Waals surface area contributed by atoms with E-state index in [1.807, 2.05) is 43.6 Å². The van der Waals surface area contributed by atoms with Crippen LogP contribution in [0.2, 0.25) is 0 Å². The first-order valence-electron chi connectivity index (χ1n) is 10.6. The first-order chi connectivity index (χ1) is 15.0. The summed E-state index contributed by atoms with van der Waals surface area (Å²) < 4.78 is 0. The molecule has 0 spiro atoms. The normalized spacial score (nSPS) is 11.8. The number of rotatable bonds is 5. The van der Waals surface area contributed by atoms with Crippen molar-refractivity contribution in [2.24, 2.45) is 10.4 Å². The molecule has 0 fully saturated rings. The number of benzene rings is 3. The Bertz CT molecular complexity index is 1230. The molecule has 0 aliphatic heterocycles. The molecule has 4 heteroatoms. The Labute approximate surface area is 205 Å². The zero-order valence-electron chi connectivity index (χ0n) is 18.9. The molecule has 0 saturated heterocycles. The van der Waals surface area contributed by atoms with Crippen LogP contribution in [0.4, 0.5) is 5.69 Å². The zero-order chi connectivity index (χ0) is 21.8. The fraction of sp³-hybridized carbons (Fsp3) is 0.214. The van der Waals surface area contributed by atoms with E-state index in [-0.39, 0.29) is 26.5 Å². The minimum Gasteiger partial charge on any atom is -0.681 e. The summed E-state index contributed by atoms with van der Waals surface area (Å²) in [6.45, 7) is 7.10. The number of fused-ring (bicyclic) bond motifs is 1. The molecule has 0 aliphatic carbocycles. The maximum atomic E-state index is 4.92. The Kier molecular flexibility index (Phi) is 7.64. The summed E-state index contributed by atoms with van der Waals surface area (Å²) in [5.74, 6) is 0. The van der Waals surface area contributed by atoms with Gasteiger partial charge in [0.15, 0.2) is 0 Å². The molecule has 0 N–H and O–H groups in total. The second kappa shape index (κ2) is 10.2. The van der Waals surface area contributed by atoms with E-state index in [4.69, 9.17) is 5.32 Å². The van der Waals surface area contributed by atoms with Gasteiger partial charge in [-0.15, -0.1) is 47.6 Å². The molecule has 1 heterocycles. The van der Waals surface area contributed by atoms with E-state index < -0.39 is 0 Å². The van der Waals surface area contributed by atoms with Crippen molar-refractivity contribution in [2.45, 2.75) is 27.3 Å². The van der Waals surface area contributed by atoms with Gasteiger partial charge in [0.2, 0.25) is 0 Å². The standard InChI is InChI=1S/C28H27N3.Pt/c1-28(2,3)27(29-4)24-14-7-8-15-25(24)31-19-20-10-9-12-22(18-20)26-23-13-6-5-11-21(23)16-17-30-26;/h5-17H,19H2,1-4H3;/q-2;+2. The molecule has 1 aromatic heterocycles. The summed E-state index contributed by atoms with van der Waals surface area (Å²) in [5.41, 5.74) is 6.03. The van der Waals surface area contributed by atoms with Crippen molar-refractivity contribution in [3.8, 4) is 11.3 Å². The monoisotopic (exact) mass is 600 g/mol. The van der Waals surface area contributed by atoms with Crippen molar-refractivity contribution >= 4 is 22.2 Å². The van der Waals surface area contributed by atoms with Crippen LogP contribution in [0.3, 0.4) is 0 Å². The Morgan fingerprint density at radius 2 is 1.69 bits per heavy atom. The Morgan fingerprint density at radius 1 is 0.938 bits per heavy atom. The number of pyridine rings is 1. The van der Waals surface area contributed by atoms with E-state index >= 15 is 0 Å². The Hall–Kier alpha value is -2.77. The number of para-hydroxylation sites is 1. The van der Waals surface area contributed by atoms with Crippen molar-refractivity contribution in [3.63, 3.8) is 0 Å². The van der Waals surface area contributed by atoms with Crippen LogP contribution in [0.15, 0.2) is 84.0 Å². The Morgan fingerprint density at radius 3 is 2.47 bits per heavy atom. The molecule has 4 rings (SSSR count). The van der Waals surface area contributed by atoms with Crippen LogP contribution < -0.4 is 0 Å². The number of aromatic nitrogens is 1. The second-order valence-corrected chi connectivity index (χ2v) is 8.63. The summed E-state index contributed by atoms with van der Waals surface area (Å²) in [4.78, 5) is 9.20. The smallest absolute Gasteiger partial charge is 0.681 e. The average Bonchev–Trinajstić information content (AvgIpc) is 2.78. The largest absolute Gasteiger partial charge is 2.00 e. The molecule has 0 aliphatic rings. The fourth-order valence-electron chi connectivity index (χ4n) is 3.92. The van der Waals surface area contributed by atoms with Gasteiger partial charge in [0.1, 0.15) is 0 Å². The molecule has 3 aromatic carbocycles. The first kappa shape index (κ1) is 23.9. The van der Waals surface area contributed by atoms with Crippen LogP contribution in [0.5, 0.6) is 0 Å². The molecule has 0 atom stereocenters. The van der Waals surface area contributed by atoms with Crippen molar-refractivity contribution in [1.82, 2.24) is 4.98 Å². The van der Waals surface area contributed by atoms with Gasteiger partial charge in [-0.25, -0.2) is 0 Å². The number of nitrogens with zero attached hydrogens (tertiary/aromatic N) is 3. The van der Waals surface area contributed by atoms with E-state index in [0.717, 1.165) is 39.2 Å². The summed E-state index contributed by atoms with van der Waals surface area (Å²) in [5, 5.41) is 7.24. The predicted octanol–water partition coefficient (Wildman–Crippen LogP) is 7.37. The van der Waals surface area contributed by atoms with E-state index in [9.17, 15) is 0 Å². The van der Waals surface area contributed by atoms with Crippen LogP contribution in [-0.4, -0.2) is 17.7 Å². The van der Waals surface area contributed by atoms with E-state index in [2.05, 4.69) is 79.3 Å². The fourth-order valence-corrected chi connectivity index (χ4v) is 3.92.